The number of ether oxygens (including phenoxy) is 2. The maximum absolute atomic E-state index is 11.6. The molecule has 50 heavy (non-hydrogen) atoms. The van der Waals surface area contributed by atoms with Gasteiger partial charge in [0.2, 0.25) is 0 Å². The van der Waals surface area contributed by atoms with Gasteiger partial charge in [0.1, 0.15) is 0 Å². The molecule has 5 aliphatic carbocycles. The van der Waals surface area contributed by atoms with E-state index < -0.39 is 5.97 Å². The van der Waals surface area contributed by atoms with Gasteiger partial charge in [-0.15, -0.1) is 0 Å². The molecule has 6 heteroatoms. The quantitative estimate of drug-likeness (QED) is 0.281. The Kier molecular flexibility index (Phi) is 8.61. The lowest BCUT2D eigenvalue weighted by Crippen LogP contribution is -2.68. The van der Waals surface area contributed by atoms with Gasteiger partial charge >= 0.3 is 5.97 Å². The Hall–Kier alpha value is -1.99. The molecule has 0 spiro atoms. The summed E-state index contributed by atoms with van der Waals surface area (Å²) in [7, 11) is 0. The third-order valence-electron chi connectivity index (χ3n) is 17.1. The zero-order valence-electron chi connectivity index (χ0n) is 31.9. The molecule has 2 bridgehead atoms. The summed E-state index contributed by atoms with van der Waals surface area (Å²) in [6.45, 7) is 25.4. The van der Waals surface area contributed by atoms with Crippen molar-refractivity contribution >= 4 is 11.5 Å². The van der Waals surface area contributed by atoms with Crippen LogP contribution in [-0.4, -0.2) is 73.1 Å². The predicted molar refractivity (Wildman–Crippen MR) is 200 cm³/mol. The van der Waals surface area contributed by atoms with Gasteiger partial charge in [-0.2, -0.15) is 0 Å². The number of carboxylic acid groups (broad SMARTS) is 1. The first-order valence-electron chi connectivity index (χ1n) is 20.1. The van der Waals surface area contributed by atoms with Gasteiger partial charge in [0, 0.05) is 18.6 Å². The van der Waals surface area contributed by atoms with E-state index in [0.717, 1.165) is 51.9 Å². The molecular formula is C44H64N2O4. The number of rotatable bonds is 7. The lowest BCUT2D eigenvalue weighted by atomic mass is 9.33. The molecular weight excluding hydrogens is 620 g/mol. The van der Waals surface area contributed by atoms with Gasteiger partial charge < -0.3 is 19.9 Å². The zero-order valence-corrected chi connectivity index (χ0v) is 31.9. The molecule has 2 N–H and O–H groups in total. The second kappa shape index (κ2) is 12.3. The molecule has 0 amide bonds. The predicted octanol–water partition coefficient (Wildman–Crippen LogP) is 8.48. The van der Waals surface area contributed by atoms with Crippen molar-refractivity contribution in [2.24, 2.45) is 51.2 Å². The van der Waals surface area contributed by atoms with E-state index in [0.29, 0.717) is 52.1 Å². The first kappa shape index (κ1) is 35.1. The molecule has 6 nitrogen and oxygen atoms in total. The Labute approximate surface area is 301 Å². The van der Waals surface area contributed by atoms with Crippen molar-refractivity contribution in [1.82, 2.24) is 10.2 Å². The van der Waals surface area contributed by atoms with E-state index >= 15 is 0 Å². The number of hydrogen-bond acceptors (Lipinski definition) is 5. The van der Waals surface area contributed by atoms with E-state index in [2.05, 4.69) is 64.4 Å². The third-order valence-corrected chi connectivity index (χ3v) is 17.1. The largest absolute Gasteiger partial charge is 0.478 e. The summed E-state index contributed by atoms with van der Waals surface area (Å²) in [5.74, 6) is 2.46. The smallest absolute Gasteiger partial charge is 0.335 e. The van der Waals surface area contributed by atoms with Crippen LogP contribution in [0.2, 0.25) is 0 Å². The standard InChI is InChI=1S/C44H64N2O4/c1-28(2)33-14-19-44(45-22-23-46-31-24-49-26-32(46)27-50-25-31)21-20-42(6)35(38(33)44)12-13-37-41(5)17-15-34(29-8-10-30(11-9-29)39(47)48)40(3,4)36(41)16-18-43(37,42)7/h8-11,15,31-33,35-38,45H,1,12-14,16-27H2,2-7H3,(H,47,48)/t31?,32?,33-,35+,36?,37?,38?,41-,42+,43+,44-/m0/s1. The molecule has 0 aromatic heterocycles. The van der Waals surface area contributed by atoms with Gasteiger partial charge in [-0.05, 0) is 139 Å². The molecule has 4 saturated carbocycles. The molecule has 274 valence electrons. The fourth-order valence-corrected chi connectivity index (χ4v) is 14.6. The van der Waals surface area contributed by atoms with E-state index in [4.69, 9.17) is 9.47 Å². The van der Waals surface area contributed by atoms with E-state index in [1.54, 1.807) is 12.1 Å². The SMILES string of the molecule is C=C(C)[C@@H]1CC[C@]2(NCCN3C4COCC3COC4)CC[C@]3(C)[C@H](CCC4[C@@]5(C)CC=C(c6ccc(C(=O)O)cc6)C(C)(C)C5CC[C@]43C)C12. The molecule has 1 aromatic carbocycles. The van der Waals surface area contributed by atoms with Crippen molar-refractivity contribution in [2.45, 2.75) is 117 Å². The monoisotopic (exact) mass is 684 g/mol. The highest BCUT2D eigenvalue weighted by molar-refractivity contribution is 5.88. The van der Waals surface area contributed by atoms with Crippen LogP contribution >= 0.6 is 0 Å². The van der Waals surface area contributed by atoms with E-state index in [9.17, 15) is 9.90 Å². The Balaban J connectivity index is 1.06. The Morgan fingerprint density at radius 2 is 1.56 bits per heavy atom. The minimum Gasteiger partial charge on any atom is -0.478 e. The van der Waals surface area contributed by atoms with Crippen LogP contribution in [0.3, 0.4) is 0 Å². The molecule has 2 heterocycles. The number of benzene rings is 1. The number of carbonyl (C=O) groups is 1. The van der Waals surface area contributed by atoms with Gasteiger partial charge in [-0.1, -0.05) is 65.0 Å². The fourth-order valence-electron chi connectivity index (χ4n) is 14.6. The summed E-state index contributed by atoms with van der Waals surface area (Å²) < 4.78 is 11.8. The summed E-state index contributed by atoms with van der Waals surface area (Å²) in [6.07, 6.45) is 14.1. The highest BCUT2D eigenvalue weighted by Crippen LogP contribution is 2.76. The number of fused-ring (bicyclic) bond motifs is 9. The van der Waals surface area contributed by atoms with Crippen LogP contribution < -0.4 is 5.32 Å². The van der Waals surface area contributed by atoms with Crippen LogP contribution in [0.4, 0.5) is 0 Å². The number of hydrogen-bond donors (Lipinski definition) is 2. The number of allylic oxidation sites excluding steroid dienone is 3. The van der Waals surface area contributed by atoms with E-state index in [-0.39, 0.29) is 16.4 Å². The second-order valence-corrected chi connectivity index (χ2v) is 19.3. The fraction of sp³-hybridized carbons (Fsp3) is 0.750. The highest BCUT2D eigenvalue weighted by Gasteiger charge is 2.70. The van der Waals surface area contributed by atoms with Gasteiger partial charge in [0.25, 0.3) is 0 Å². The molecule has 3 unspecified atom stereocenters. The average molecular weight is 685 g/mol. The molecule has 0 radical (unpaired) electrons. The van der Waals surface area contributed by atoms with Crippen LogP contribution in [0.25, 0.3) is 5.57 Å². The Morgan fingerprint density at radius 1 is 0.880 bits per heavy atom. The summed E-state index contributed by atoms with van der Waals surface area (Å²) >= 11 is 0. The Morgan fingerprint density at radius 3 is 2.20 bits per heavy atom. The van der Waals surface area contributed by atoms with Crippen LogP contribution in [0, 0.1) is 51.2 Å². The van der Waals surface area contributed by atoms with Crippen LogP contribution in [0.15, 0.2) is 42.5 Å². The minimum absolute atomic E-state index is 0.0318. The van der Waals surface area contributed by atoms with Crippen molar-refractivity contribution < 1.29 is 19.4 Å². The number of nitrogens with zero attached hydrogens (tertiary/aromatic N) is 1. The third kappa shape index (κ3) is 5.04. The van der Waals surface area contributed by atoms with E-state index in [1.165, 1.54) is 68.1 Å². The van der Waals surface area contributed by atoms with Crippen molar-refractivity contribution in [3.05, 3.63) is 53.6 Å². The highest BCUT2D eigenvalue weighted by atomic mass is 16.5. The lowest BCUT2D eigenvalue weighted by molar-refractivity contribution is -0.219. The summed E-state index contributed by atoms with van der Waals surface area (Å²) in [5.41, 5.74) is 5.52. The summed E-state index contributed by atoms with van der Waals surface area (Å²) in [6, 6.07) is 8.45. The van der Waals surface area contributed by atoms with E-state index in [1.807, 2.05) is 12.1 Å². The summed E-state index contributed by atoms with van der Waals surface area (Å²) in [5, 5.41) is 13.8. The zero-order chi connectivity index (χ0) is 35.3. The second-order valence-electron chi connectivity index (χ2n) is 19.3. The summed E-state index contributed by atoms with van der Waals surface area (Å²) in [4.78, 5) is 14.3. The van der Waals surface area contributed by atoms with Gasteiger partial charge in [-0.25, -0.2) is 4.79 Å². The van der Waals surface area contributed by atoms with Crippen LogP contribution in [-0.2, 0) is 9.47 Å². The number of morpholine rings is 2. The molecule has 1 aromatic rings. The first-order chi connectivity index (χ1) is 23.8. The van der Waals surface area contributed by atoms with Gasteiger partial charge in [-0.3, -0.25) is 4.90 Å². The Bertz CT molecular complexity index is 1510. The maximum atomic E-state index is 11.6. The molecule has 2 saturated heterocycles. The van der Waals surface area contributed by atoms with Gasteiger partial charge in [0.15, 0.2) is 0 Å². The number of aromatic carboxylic acids is 1. The minimum atomic E-state index is -0.856. The molecule has 9 atom stereocenters. The molecule has 6 fully saturated rings. The lowest BCUT2D eigenvalue weighted by Gasteiger charge is -2.72. The van der Waals surface area contributed by atoms with Crippen molar-refractivity contribution in [3.63, 3.8) is 0 Å². The molecule has 7 aliphatic rings. The average Bonchev–Trinajstić information content (AvgIpc) is 3.45. The molecule has 2 aliphatic heterocycles. The van der Waals surface area contributed by atoms with Crippen molar-refractivity contribution in [3.8, 4) is 0 Å². The van der Waals surface area contributed by atoms with Gasteiger partial charge in [0.05, 0.1) is 44.1 Å². The van der Waals surface area contributed by atoms with Crippen LogP contribution in [0.1, 0.15) is 115 Å². The first-order valence-corrected chi connectivity index (χ1v) is 20.1. The van der Waals surface area contributed by atoms with Crippen molar-refractivity contribution in [1.29, 1.82) is 0 Å². The maximum Gasteiger partial charge on any atom is 0.335 e. The topological polar surface area (TPSA) is 71.0 Å². The molecule has 8 rings (SSSR count). The van der Waals surface area contributed by atoms with Crippen LogP contribution in [0.5, 0.6) is 0 Å². The van der Waals surface area contributed by atoms with Crippen molar-refractivity contribution in [2.75, 3.05) is 39.5 Å². The normalized spacial score (nSPS) is 45.0. The number of nitrogens with one attached hydrogen (secondary N) is 1. The number of carboxylic acids is 1.